The van der Waals surface area contributed by atoms with Crippen LogP contribution in [-0.2, 0) is 4.79 Å². The van der Waals surface area contributed by atoms with Crippen LogP contribution in [-0.4, -0.2) is 31.8 Å². The number of aromatic amines is 1. The molecule has 3 rings (SSSR count). The van der Waals surface area contributed by atoms with Gasteiger partial charge < -0.3 is 5.32 Å². The standard InChI is InChI=1S/C16H14ClN5OS/c1-10-12(17)3-2-4-13(10)19-14(23)9-24-16-20-15(21-22-16)11-5-7-18-8-6-11/h2-8H,9H2,1H3,(H,19,23)(H,20,21,22). The fraction of sp³-hybridized carbons (Fsp3) is 0.125. The summed E-state index contributed by atoms with van der Waals surface area (Å²) in [6.45, 7) is 1.86. The van der Waals surface area contributed by atoms with Crippen molar-refractivity contribution >= 4 is 35.0 Å². The molecule has 24 heavy (non-hydrogen) atoms. The highest BCUT2D eigenvalue weighted by Crippen LogP contribution is 2.23. The molecule has 0 fully saturated rings. The third-order valence-corrected chi connectivity index (χ3v) is 4.55. The average molecular weight is 360 g/mol. The molecule has 0 aliphatic carbocycles. The predicted octanol–water partition coefficient (Wildman–Crippen LogP) is 3.56. The van der Waals surface area contributed by atoms with Crippen molar-refractivity contribution < 1.29 is 4.79 Å². The number of carbonyl (C=O) groups excluding carboxylic acids is 1. The Morgan fingerprint density at radius 1 is 1.29 bits per heavy atom. The van der Waals surface area contributed by atoms with Gasteiger partial charge in [0.15, 0.2) is 5.82 Å². The summed E-state index contributed by atoms with van der Waals surface area (Å²) in [5, 5.41) is 10.9. The summed E-state index contributed by atoms with van der Waals surface area (Å²) >= 11 is 7.31. The molecular weight excluding hydrogens is 346 g/mol. The van der Waals surface area contributed by atoms with Crippen molar-refractivity contribution in [3.63, 3.8) is 0 Å². The number of nitrogens with zero attached hydrogens (tertiary/aromatic N) is 3. The van der Waals surface area contributed by atoms with Crippen LogP contribution in [0.15, 0.2) is 47.9 Å². The fourth-order valence-electron chi connectivity index (χ4n) is 2.01. The summed E-state index contributed by atoms with van der Waals surface area (Å²) in [6.07, 6.45) is 3.37. The fourth-order valence-corrected chi connectivity index (χ4v) is 2.78. The molecule has 0 saturated heterocycles. The molecule has 0 atom stereocenters. The zero-order valence-corrected chi connectivity index (χ0v) is 14.4. The van der Waals surface area contributed by atoms with E-state index in [0.29, 0.717) is 21.7 Å². The second kappa shape index (κ2) is 7.46. The lowest BCUT2D eigenvalue weighted by Crippen LogP contribution is -2.15. The van der Waals surface area contributed by atoms with Gasteiger partial charge >= 0.3 is 0 Å². The van der Waals surface area contributed by atoms with E-state index in [0.717, 1.165) is 11.1 Å². The summed E-state index contributed by atoms with van der Waals surface area (Å²) < 4.78 is 0. The normalized spacial score (nSPS) is 10.6. The minimum Gasteiger partial charge on any atom is -0.325 e. The topological polar surface area (TPSA) is 83.6 Å². The Balaban J connectivity index is 1.59. The van der Waals surface area contributed by atoms with Crippen LogP contribution in [0, 0.1) is 6.92 Å². The first-order valence-electron chi connectivity index (χ1n) is 7.14. The Morgan fingerprint density at radius 3 is 2.88 bits per heavy atom. The maximum atomic E-state index is 12.1. The van der Waals surface area contributed by atoms with Crippen LogP contribution in [0.4, 0.5) is 5.69 Å². The summed E-state index contributed by atoms with van der Waals surface area (Å²) in [5.74, 6) is 0.714. The van der Waals surface area contributed by atoms with E-state index in [-0.39, 0.29) is 11.7 Å². The van der Waals surface area contributed by atoms with Crippen LogP contribution in [0.1, 0.15) is 5.56 Å². The van der Waals surface area contributed by atoms with E-state index in [2.05, 4.69) is 25.5 Å². The van der Waals surface area contributed by atoms with Gasteiger partial charge in [-0.15, -0.1) is 5.10 Å². The number of carbonyl (C=O) groups is 1. The number of rotatable bonds is 5. The van der Waals surface area contributed by atoms with Gasteiger partial charge in [-0.25, -0.2) is 4.98 Å². The number of hydrogen-bond donors (Lipinski definition) is 2. The van der Waals surface area contributed by atoms with Crippen LogP contribution in [0.2, 0.25) is 5.02 Å². The summed E-state index contributed by atoms with van der Waals surface area (Å²) in [5.41, 5.74) is 2.44. The number of pyridine rings is 1. The average Bonchev–Trinajstić information content (AvgIpc) is 3.07. The maximum Gasteiger partial charge on any atom is 0.234 e. The highest BCUT2D eigenvalue weighted by Gasteiger charge is 2.10. The zero-order chi connectivity index (χ0) is 16.9. The van der Waals surface area contributed by atoms with Gasteiger partial charge in [0.05, 0.1) is 5.75 Å². The Bertz CT molecular complexity index is 853. The number of benzene rings is 1. The van der Waals surface area contributed by atoms with Crippen molar-refractivity contribution in [2.75, 3.05) is 11.1 Å². The highest BCUT2D eigenvalue weighted by molar-refractivity contribution is 7.99. The molecular formula is C16H14ClN5OS. The van der Waals surface area contributed by atoms with Crippen LogP contribution in [0.25, 0.3) is 11.4 Å². The second-order valence-electron chi connectivity index (χ2n) is 4.95. The van der Waals surface area contributed by atoms with E-state index in [9.17, 15) is 4.79 Å². The molecule has 0 radical (unpaired) electrons. The van der Waals surface area contributed by atoms with Gasteiger partial charge in [0, 0.05) is 28.7 Å². The molecule has 0 aliphatic rings. The first kappa shape index (κ1) is 16.5. The number of anilines is 1. The molecule has 0 spiro atoms. The minimum absolute atomic E-state index is 0.138. The van der Waals surface area contributed by atoms with Gasteiger partial charge in [-0.2, -0.15) is 0 Å². The van der Waals surface area contributed by atoms with E-state index >= 15 is 0 Å². The van der Waals surface area contributed by atoms with E-state index in [1.807, 2.05) is 25.1 Å². The Labute approximate surface area is 148 Å². The van der Waals surface area contributed by atoms with Crippen molar-refractivity contribution in [2.24, 2.45) is 0 Å². The number of halogens is 1. The number of amides is 1. The minimum atomic E-state index is -0.138. The lowest BCUT2D eigenvalue weighted by Gasteiger charge is -2.08. The zero-order valence-electron chi connectivity index (χ0n) is 12.8. The van der Waals surface area contributed by atoms with E-state index in [1.54, 1.807) is 24.5 Å². The third kappa shape index (κ3) is 3.93. The number of hydrogen-bond acceptors (Lipinski definition) is 5. The second-order valence-corrected chi connectivity index (χ2v) is 6.30. The molecule has 2 heterocycles. The quantitative estimate of drug-likeness (QED) is 0.680. The summed E-state index contributed by atoms with van der Waals surface area (Å²) in [4.78, 5) is 20.4. The van der Waals surface area contributed by atoms with Crippen molar-refractivity contribution in [3.8, 4) is 11.4 Å². The monoisotopic (exact) mass is 359 g/mol. The molecule has 0 saturated carbocycles. The van der Waals surface area contributed by atoms with Gasteiger partial charge in [-0.1, -0.05) is 29.4 Å². The van der Waals surface area contributed by atoms with Crippen molar-refractivity contribution in [1.29, 1.82) is 0 Å². The first-order chi connectivity index (χ1) is 11.6. The molecule has 122 valence electrons. The SMILES string of the molecule is Cc1c(Cl)cccc1NC(=O)CSc1n[nH]c(-c2ccncc2)n1. The van der Waals surface area contributed by atoms with Crippen molar-refractivity contribution in [1.82, 2.24) is 20.2 Å². The van der Waals surface area contributed by atoms with Gasteiger partial charge in [0.2, 0.25) is 11.1 Å². The smallest absolute Gasteiger partial charge is 0.234 e. The molecule has 3 aromatic rings. The number of aromatic nitrogens is 4. The molecule has 0 aliphatic heterocycles. The molecule has 0 bridgehead atoms. The Kier molecular flexibility index (Phi) is 5.12. The largest absolute Gasteiger partial charge is 0.325 e. The van der Waals surface area contributed by atoms with Crippen LogP contribution >= 0.6 is 23.4 Å². The number of thioether (sulfide) groups is 1. The molecule has 8 heteroatoms. The Hall–Kier alpha value is -2.38. The van der Waals surface area contributed by atoms with Crippen LogP contribution < -0.4 is 5.32 Å². The van der Waals surface area contributed by atoms with Crippen LogP contribution in [0.3, 0.4) is 0 Å². The van der Waals surface area contributed by atoms with Crippen molar-refractivity contribution in [2.45, 2.75) is 12.1 Å². The highest BCUT2D eigenvalue weighted by atomic mass is 35.5. The van der Waals surface area contributed by atoms with E-state index in [1.165, 1.54) is 11.8 Å². The van der Waals surface area contributed by atoms with Crippen molar-refractivity contribution in [3.05, 3.63) is 53.3 Å². The molecule has 0 unspecified atom stereocenters. The van der Waals surface area contributed by atoms with Gasteiger partial charge in [-0.3, -0.25) is 14.9 Å². The molecule has 1 aromatic carbocycles. The lowest BCUT2D eigenvalue weighted by atomic mass is 10.2. The predicted molar refractivity (Wildman–Crippen MR) is 95.2 cm³/mol. The lowest BCUT2D eigenvalue weighted by molar-refractivity contribution is -0.113. The molecule has 6 nitrogen and oxygen atoms in total. The molecule has 2 N–H and O–H groups in total. The third-order valence-electron chi connectivity index (χ3n) is 3.29. The van der Waals surface area contributed by atoms with Gasteiger partial charge in [0.25, 0.3) is 0 Å². The van der Waals surface area contributed by atoms with Crippen LogP contribution in [0.5, 0.6) is 0 Å². The Morgan fingerprint density at radius 2 is 2.08 bits per heavy atom. The number of nitrogens with one attached hydrogen (secondary N) is 2. The first-order valence-corrected chi connectivity index (χ1v) is 8.50. The summed E-state index contributed by atoms with van der Waals surface area (Å²) in [6, 6.07) is 9.08. The number of H-pyrrole nitrogens is 1. The summed E-state index contributed by atoms with van der Waals surface area (Å²) in [7, 11) is 0. The van der Waals surface area contributed by atoms with Gasteiger partial charge in [0.1, 0.15) is 0 Å². The maximum absolute atomic E-state index is 12.1. The van der Waals surface area contributed by atoms with E-state index in [4.69, 9.17) is 11.6 Å². The molecule has 1 amide bonds. The molecule has 2 aromatic heterocycles. The van der Waals surface area contributed by atoms with E-state index < -0.39 is 0 Å². The van der Waals surface area contributed by atoms with Gasteiger partial charge in [-0.05, 0) is 36.8 Å².